The van der Waals surface area contributed by atoms with Gasteiger partial charge >= 0.3 is 0 Å². The van der Waals surface area contributed by atoms with Crippen molar-refractivity contribution in [3.63, 3.8) is 0 Å². The number of hydrogen-bond donors (Lipinski definition) is 1. The number of thiophene rings is 1. The fraction of sp³-hybridized carbons (Fsp3) is 0.360. The highest BCUT2D eigenvalue weighted by Gasteiger charge is 2.44. The van der Waals surface area contributed by atoms with E-state index in [2.05, 4.69) is 37.4 Å². The number of rotatable bonds is 4. The maximum absolute atomic E-state index is 13.1. The number of nitrogens with one attached hydrogen (secondary N) is 1. The number of hydrogen-bond acceptors (Lipinski definition) is 9. The molecule has 0 aliphatic carbocycles. The van der Waals surface area contributed by atoms with Gasteiger partial charge in [-0.3, -0.25) is 34.3 Å². The van der Waals surface area contributed by atoms with E-state index in [1.54, 1.807) is 29.8 Å². The average Bonchev–Trinajstić information content (AvgIpc) is 3.37. The molecule has 4 amide bonds. The number of aromatic nitrogens is 2. The second kappa shape index (κ2) is 8.75. The number of fused-ring (bicyclic) bond motifs is 2. The summed E-state index contributed by atoms with van der Waals surface area (Å²) in [4.78, 5) is 65.3. The Bertz CT molecular complexity index is 1430. The molecule has 2 fully saturated rings. The second-order valence-electron chi connectivity index (χ2n) is 9.39. The number of carbonyl (C=O) groups excluding carboxylic acids is 4. The molecule has 0 saturated carbocycles. The lowest BCUT2D eigenvalue weighted by molar-refractivity contribution is -0.136. The number of carbonyl (C=O) groups is 4. The molecular weight excluding hydrogens is 480 g/mol. The van der Waals surface area contributed by atoms with Crippen molar-refractivity contribution < 1.29 is 19.2 Å². The van der Waals surface area contributed by atoms with Gasteiger partial charge in [-0.2, -0.15) is 0 Å². The third-order valence-electron chi connectivity index (χ3n) is 7.12. The van der Waals surface area contributed by atoms with Gasteiger partial charge in [-0.25, -0.2) is 9.97 Å². The van der Waals surface area contributed by atoms with Crippen molar-refractivity contribution in [2.24, 2.45) is 0 Å². The molecule has 3 aliphatic rings. The summed E-state index contributed by atoms with van der Waals surface area (Å²) in [7, 11) is 0. The quantitative estimate of drug-likeness (QED) is 0.534. The number of piperidine rings is 1. The number of benzene rings is 1. The number of nitrogens with zero attached hydrogens (tertiary/aromatic N) is 5. The van der Waals surface area contributed by atoms with Crippen LogP contribution in [0.3, 0.4) is 0 Å². The van der Waals surface area contributed by atoms with Crippen molar-refractivity contribution in [1.29, 1.82) is 0 Å². The van der Waals surface area contributed by atoms with Crippen LogP contribution in [-0.4, -0.2) is 75.6 Å². The van der Waals surface area contributed by atoms with Crippen LogP contribution in [0.1, 0.15) is 44.7 Å². The molecule has 36 heavy (non-hydrogen) atoms. The summed E-state index contributed by atoms with van der Waals surface area (Å²) in [6.45, 7) is 6.06. The molecule has 0 spiro atoms. The second-order valence-corrected chi connectivity index (χ2v) is 10.2. The van der Waals surface area contributed by atoms with Crippen LogP contribution < -0.4 is 10.2 Å². The van der Waals surface area contributed by atoms with Crippen molar-refractivity contribution in [3.8, 4) is 0 Å². The predicted octanol–water partition coefficient (Wildman–Crippen LogP) is 1.72. The van der Waals surface area contributed by atoms with E-state index >= 15 is 0 Å². The predicted molar refractivity (Wildman–Crippen MR) is 133 cm³/mol. The Morgan fingerprint density at radius 2 is 1.81 bits per heavy atom. The van der Waals surface area contributed by atoms with Crippen molar-refractivity contribution in [3.05, 3.63) is 52.2 Å². The van der Waals surface area contributed by atoms with Gasteiger partial charge in [0, 0.05) is 39.1 Å². The molecule has 0 radical (unpaired) electrons. The lowest BCUT2D eigenvalue weighted by atomic mass is 10.0. The molecule has 1 atom stereocenters. The van der Waals surface area contributed by atoms with E-state index in [1.807, 2.05) is 6.07 Å². The smallest absolute Gasteiger partial charge is 0.262 e. The van der Waals surface area contributed by atoms with E-state index in [0.717, 1.165) is 52.7 Å². The number of imide groups is 2. The zero-order chi connectivity index (χ0) is 25.0. The van der Waals surface area contributed by atoms with Crippen molar-refractivity contribution in [1.82, 2.24) is 25.1 Å². The maximum atomic E-state index is 13.1. The summed E-state index contributed by atoms with van der Waals surface area (Å²) in [5.74, 6) is -0.962. The third kappa shape index (κ3) is 3.75. The van der Waals surface area contributed by atoms with Gasteiger partial charge < -0.3 is 4.90 Å². The fourth-order valence-corrected chi connectivity index (χ4v) is 6.11. The molecule has 0 bridgehead atoms. The lowest BCUT2D eigenvalue weighted by Crippen LogP contribution is -2.54. The molecule has 1 aromatic carbocycles. The SMILES string of the molecule is Cc1csc2ncnc(N3CCN(Cc4ccc5c(c4)C(=O)N(C4CCC(=O)NC4=O)C5=O)CC3)c12. The molecule has 3 aromatic rings. The Hall–Kier alpha value is -3.70. The monoisotopic (exact) mass is 504 g/mol. The van der Waals surface area contributed by atoms with E-state index in [1.165, 1.54) is 5.56 Å². The summed E-state index contributed by atoms with van der Waals surface area (Å²) >= 11 is 1.63. The molecule has 11 heteroatoms. The largest absolute Gasteiger partial charge is 0.353 e. The van der Waals surface area contributed by atoms with Crippen molar-refractivity contribution >= 4 is 51.0 Å². The van der Waals surface area contributed by atoms with Crippen LogP contribution in [-0.2, 0) is 16.1 Å². The van der Waals surface area contributed by atoms with Crippen LogP contribution in [0.25, 0.3) is 10.2 Å². The Kier molecular flexibility index (Phi) is 5.53. The highest BCUT2D eigenvalue weighted by atomic mass is 32.1. The molecular formula is C25H24N6O4S. The number of aryl methyl sites for hydroxylation is 1. The van der Waals surface area contributed by atoms with Gasteiger partial charge in [-0.1, -0.05) is 6.07 Å². The summed E-state index contributed by atoms with van der Waals surface area (Å²) in [5.41, 5.74) is 2.75. The molecule has 3 aliphatic heterocycles. The molecule has 2 saturated heterocycles. The highest BCUT2D eigenvalue weighted by Crippen LogP contribution is 2.32. The Labute approximate surface area is 210 Å². The highest BCUT2D eigenvalue weighted by molar-refractivity contribution is 7.17. The van der Waals surface area contributed by atoms with Gasteiger partial charge in [0.05, 0.1) is 16.5 Å². The number of amides is 4. The zero-order valence-electron chi connectivity index (χ0n) is 19.7. The standard InChI is InChI=1S/C25H24N6O4S/c1-14-12-36-23-20(14)21(26-13-27-23)30-8-6-29(7-9-30)11-15-2-3-16-17(10-15)25(35)31(24(16)34)18-4-5-19(32)28-22(18)33/h2-3,10,12-13,18H,4-9,11H2,1H3,(H,28,32,33). The summed E-state index contributed by atoms with van der Waals surface area (Å²) in [6, 6.07) is 4.35. The van der Waals surface area contributed by atoms with Gasteiger partial charge in [-0.05, 0) is 42.0 Å². The number of piperazine rings is 1. The minimum Gasteiger partial charge on any atom is -0.353 e. The summed E-state index contributed by atoms with van der Waals surface area (Å²) in [5, 5.41) is 5.46. The zero-order valence-corrected chi connectivity index (χ0v) is 20.5. The number of anilines is 1. The van der Waals surface area contributed by atoms with Gasteiger partial charge in [0.2, 0.25) is 11.8 Å². The van der Waals surface area contributed by atoms with E-state index in [-0.39, 0.29) is 18.7 Å². The lowest BCUT2D eigenvalue weighted by Gasteiger charge is -2.35. The minimum atomic E-state index is -0.952. The molecule has 2 aromatic heterocycles. The van der Waals surface area contributed by atoms with Crippen LogP contribution in [0.4, 0.5) is 5.82 Å². The van der Waals surface area contributed by atoms with Gasteiger partial charge in [0.25, 0.3) is 11.8 Å². The molecule has 6 rings (SSSR count). The maximum Gasteiger partial charge on any atom is 0.262 e. The first-order chi connectivity index (χ1) is 17.4. The van der Waals surface area contributed by atoms with Gasteiger partial charge in [0.1, 0.15) is 23.0 Å². The first kappa shape index (κ1) is 22.7. The average molecular weight is 505 g/mol. The van der Waals surface area contributed by atoms with Crippen LogP contribution >= 0.6 is 11.3 Å². The molecule has 10 nitrogen and oxygen atoms in total. The minimum absolute atomic E-state index is 0.105. The Morgan fingerprint density at radius 3 is 2.58 bits per heavy atom. The van der Waals surface area contributed by atoms with E-state index in [0.29, 0.717) is 17.7 Å². The van der Waals surface area contributed by atoms with E-state index in [9.17, 15) is 19.2 Å². The topological polar surface area (TPSA) is 116 Å². The van der Waals surface area contributed by atoms with Crippen LogP contribution in [0.5, 0.6) is 0 Å². The van der Waals surface area contributed by atoms with Gasteiger partial charge in [0.15, 0.2) is 0 Å². The summed E-state index contributed by atoms with van der Waals surface area (Å²) < 4.78 is 0. The molecule has 5 heterocycles. The Balaban J connectivity index is 1.14. The third-order valence-corrected chi connectivity index (χ3v) is 8.12. The first-order valence-electron chi connectivity index (χ1n) is 11.9. The van der Waals surface area contributed by atoms with E-state index in [4.69, 9.17) is 0 Å². The van der Waals surface area contributed by atoms with Crippen LogP contribution in [0.15, 0.2) is 29.9 Å². The fourth-order valence-electron chi connectivity index (χ4n) is 5.23. The van der Waals surface area contributed by atoms with Crippen molar-refractivity contribution in [2.75, 3.05) is 31.1 Å². The normalized spacial score (nSPS) is 20.9. The van der Waals surface area contributed by atoms with E-state index < -0.39 is 23.8 Å². The molecule has 184 valence electrons. The van der Waals surface area contributed by atoms with Crippen LogP contribution in [0, 0.1) is 6.92 Å². The summed E-state index contributed by atoms with van der Waals surface area (Å²) in [6.07, 6.45) is 1.88. The molecule has 1 N–H and O–H groups in total. The first-order valence-corrected chi connectivity index (χ1v) is 12.8. The Morgan fingerprint density at radius 1 is 1.03 bits per heavy atom. The van der Waals surface area contributed by atoms with Gasteiger partial charge in [-0.15, -0.1) is 11.3 Å². The van der Waals surface area contributed by atoms with Crippen molar-refractivity contribution in [2.45, 2.75) is 32.4 Å². The molecule has 1 unspecified atom stereocenters. The van der Waals surface area contributed by atoms with Crippen LogP contribution in [0.2, 0.25) is 0 Å².